The Kier molecular flexibility index (Phi) is 3.40. The molecule has 0 spiro atoms. The quantitative estimate of drug-likeness (QED) is 0.880. The number of thiazole rings is 1. The molecule has 2 aromatic heterocycles. The van der Waals surface area contributed by atoms with Crippen molar-refractivity contribution in [2.45, 2.75) is 20.3 Å². The van der Waals surface area contributed by atoms with E-state index in [4.69, 9.17) is 5.73 Å². The molecule has 4 nitrogen and oxygen atoms in total. The second kappa shape index (κ2) is 4.80. The van der Waals surface area contributed by atoms with Crippen molar-refractivity contribution < 1.29 is 0 Å². The van der Waals surface area contributed by atoms with Gasteiger partial charge in [0.15, 0.2) is 0 Å². The van der Waals surface area contributed by atoms with Gasteiger partial charge in [-0.3, -0.25) is 0 Å². The van der Waals surface area contributed by atoms with Crippen LogP contribution < -0.4 is 11.1 Å². The fourth-order valence-corrected chi connectivity index (χ4v) is 3.00. The van der Waals surface area contributed by atoms with Crippen LogP contribution in [0.15, 0.2) is 5.38 Å². The van der Waals surface area contributed by atoms with Gasteiger partial charge in [0, 0.05) is 17.6 Å². The summed E-state index contributed by atoms with van der Waals surface area (Å²) in [7, 11) is 0. The summed E-state index contributed by atoms with van der Waals surface area (Å²) in [5, 5.41) is 7.33. The topological polar surface area (TPSA) is 63.8 Å². The summed E-state index contributed by atoms with van der Waals surface area (Å²) in [6.45, 7) is 5.04. The number of nitrogen functional groups attached to an aromatic ring is 1. The van der Waals surface area contributed by atoms with E-state index >= 15 is 0 Å². The monoisotopic (exact) mass is 254 g/mol. The van der Waals surface area contributed by atoms with Crippen LogP contribution in [0.3, 0.4) is 0 Å². The predicted molar refractivity (Wildman–Crippen MR) is 71.2 cm³/mol. The van der Waals surface area contributed by atoms with Crippen LogP contribution in [-0.2, 0) is 0 Å². The Morgan fingerprint density at radius 3 is 2.94 bits per heavy atom. The largest absolute Gasteiger partial charge is 0.382 e. The fourth-order valence-electron chi connectivity index (χ4n) is 1.34. The van der Waals surface area contributed by atoms with Crippen LogP contribution in [-0.4, -0.2) is 15.9 Å². The van der Waals surface area contributed by atoms with E-state index in [0.29, 0.717) is 5.82 Å². The Hall–Kier alpha value is -1.14. The normalized spacial score (nSPS) is 10.6. The summed E-state index contributed by atoms with van der Waals surface area (Å²) >= 11 is 3.01. The molecule has 3 N–H and O–H groups in total. The van der Waals surface area contributed by atoms with Crippen LogP contribution in [0.25, 0.3) is 10.6 Å². The van der Waals surface area contributed by atoms with E-state index in [1.165, 1.54) is 11.5 Å². The van der Waals surface area contributed by atoms with Crippen molar-refractivity contribution in [3.8, 4) is 10.6 Å². The summed E-state index contributed by atoms with van der Waals surface area (Å²) < 4.78 is 4.18. The molecule has 2 rings (SSSR count). The molecule has 16 heavy (non-hydrogen) atoms. The molecule has 0 aliphatic carbocycles. The number of nitrogens with zero attached hydrogens (tertiary/aromatic N) is 2. The first-order chi connectivity index (χ1) is 7.72. The Bertz CT molecular complexity index is 475. The first kappa shape index (κ1) is 11.3. The molecule has 0 unspecified atom stereocenters. The van der Waals surface area contributed by atoms with Gasteiger partial charge >= 0.3 is 0 Å². The zero-order valence-corrected chi connectivity index (χ0v) is 10.9. The molecular weight excluding hydrogens is 240 g/mol. The Morgan fingerprint density at radius 1 is 1.50 bits per heavy atom. The van der Waals surface area contributed by atoms with Gasteiger partial charge in [0.05, 0.1) is 5.56 Å². The average Bonchev–Trinajstić information content (AvgIpc) is 2.82. The second-order valence-electron chi connectivity index (χ2n) is 3.49. The first-order valence-electron chi connectivity index (χ1n) is 5.14. The van der Waals surface area contributed by atoms with Crippen molar-refractivity contribution in [3.05, 3.63) is 11.1 Å². The number of aromatic nitrogens is 2. The molecule has 0 atom stereocenters. The lowest BCUT2D eigenvalue weighted by atomic mass is 10.3. The fraction of sp³-hybridized carbons (Fsp3) is 0.400. The molecule has 0 saturated heterocycles. The van der Waals surface area contributed by atoms with E-state index in [0.717, 1.165) is 34.2 Å². The van der Waals surface area contributed by atoms with Gasteiger partial charge in [-0.15, -0.1) is 11.3 Å². The summed E-state index contributed by atoms with van der Waals surface area (Å²) in [4.78, 5) is 4.45. The van der Waals surface area contributed by atoms with Crippen molar-refractivity contribution in [1.82, 2.24) is 9.36 Å². The number of rotatable bonds is 4. The smallest absolute Gasteiger partial charge is 0.149 e. The van der Waals surface area contributed by atoms with E-state index in [1.54, 1.807) is 11.3 Å². The highest BCUT2D eigenvalue weighted by molar-refractivity contribution is 7.15. The number of hydrogen-bond acceptors (Lipinski definition) is 6. The van der Waals surface area contributed by atoms with Crippen molar-refractivity contribution in [2.24, 2.45) is 0 Å². The van der Waals surface area contributed by atoms with E-state index < -0.39 is 0 Å². The van der Waals surface area contributed by atoms with Crippen molar-refractivity contribution in [3.63, 3.8) is 0 Å². The van der Waals surface area contributed by atoms with E-state index in [2.05, 4.69) is 21.6 Å². The molecule has 0 aliphatic rings. The molecule has 0 amide bonds. The van der Waals surface area contributed by atoms with Gasteiger partial charge in [0.2, 0.25) is 0 Å². The van der Waals surface area contributed by atoms with Crippen LogP contribution in [0.4, 0.5) is 10.8 Å². The van der Waals surface area contributed by atoms with Gasteiger partial charge in [-0.05, 0) is 24.9 Å². The van der Waals surface area contributed by atoms with Gasteiger partial charge in [0.25, 0.3) is 0 Å². The number of aryl methyl sites for hydroxylation is 1. The molecule has 86 valence electrons. The van der Waals surface area contributed by atoms with Crippen LogP contribution in [0.2, 0.25) is 0 Å². The van der Waals surface area contributed by atoms with Gasteiger partial charge in [0.1, 0.15) is 15.8 Å². The lowest BCUT2D eigenvalue weighted by Gasteiger charge is -2.02. The van der Waals surface area contributed by atoms with E-state index in [1.807, 2.05) is 12.3 Å². The minimum Gasteiger partial charge on any atom is -0.382 e. The van der Waals surface area contributed by atoms with Crippen molar-refractivity contribution >= 4 is 33.7 Å². The molecule has 2 aromatic rings. The summed E-state index contributed by atoms with van der Waals surface area (Å²) in [5.74, 6) is 0.568. The lowest BCUT2D eigenvalue weighted by molar-refractivity contribution is 0.984. The molecule has 0 aliphatic heterocycles. The highest BCUT2D eigenvalue weighted by atomic mass is 32.1. The minimum atomic E-state index is 0.568. The van der Waals surface area contributed by atoms with Gasteiger partial charge < -0.3 is 11.1 Å². The van der Waals surface area contributed by atoms with Crippen LogP contribution >= 0.6 is 22.9 Å². The van der Waals surface area contributed by atoms with Crippen LogP contribution in [0.5, 0.6) is 0 Å². The molecule has 6 heteroatoms. The zero-order valence-electron chi connectivity index (χ0n) is 9.28. The number of anilines is 2. The summed E-state index contributed by atoms with van der Waals surface area (Å²) in [5.41, 5.74) is 7.86. The molecule has 0 bridgehead atoms. The molecule has 0 fully saturated rings. The van der Waals surface area contributed by atoms with Crippen molar-refractivity contribution in [2.75, 3.05) is 17.6 Å². The molecule has 0 saturated carbocycles. The zero-order chi connectivity index (χ0) is 11.5. The average molecular weight is 254 g/mol. The van der Waals surface area contributed by atoms with Gasteiger partial charge in [-0.25, -0.2) is 4.98 Å². The maximum atomic E-state index is 5.88. The first-order valence-corrected chi connectivity index (χ1v) is 6.79. The minimum absolute atomic E-state index is 0.568. The van der Waals surface area contributed by atoms with Gasteiger partial charge in [-0.1, -0.05) is 6.92 Å². The molecule has 2 heterocycles. The summed E-state index contributed by atoms with van der Waals surface area (Å²) in [6, 6.07) is 0. The third-order valence-corrected chi connectivity index (χ3v) is 3.88. The molecular formula is C10H14N4S2. The number of nitrogens with one attached hydrogen (secondary N) is 1. The third-order valence-electron chi connectivity index (χ3n) is 2.09. The molecule has 0 radical (unpaired) electrons. The third kappa shape index (κ3) is 2.17. The standard InChI is InChI=1S/C10H14N4S2/c1-3-4-12-9-7(8(11)14-16-9)10-13-6(2)5-15-10/h5,12H,3-4H2,1-2H3,(H2,11,14). The van der Waals surface area contributed by atoms with E-state index in [9.17, 15) is 0 Å². The van der Waals surface area contributed by atoms with Crippen LogP contribution in [0.1, 0.15) is 19.0 Å². The number of hydrogen-bond donors (Lipinski definition) is 2. The highest BCUT2D eigenvalue weighted by Gasteiger charge is 2.15. The van der Waals surface area contributed by atoms with Gasteiger partial charge in [-0.2, -0.15) is 4.37 Å². The van der Waals surface area contributed by atoms with Crippen molar-refractivity contribution in [1.29, 1.82) is 0 Å². The second-order valence-corrected chi connectivity index (χ2v) is 5.12. The summed E-state index contributed by atoms with van der Waals surface area (Å²) in [6.07, 6.45) is 1.08. The number of nitrogens with two attached hydrogens (primary N) is 1. The Balaban J connectivity index is 2.35. The lowest BCUT2D eigenvalue weighted by Crippen LogP contribution is -1.99. The predicted octanol–water partition coefficient (Wildman–Crippen LogP) is 2.98. The maximum absolute atomic E-state index is 5.88. The Morgan fingerprint density at radius 2 is 2.31 bits per heavy atom. The Labute approximate surface area is 103 Å². The van der Waals surface area contributed by atoms with E-state index in [-0.39, 0.29) is 0 Å². The SMILES string of the molecule is CCCNc1snc(N)c1-c1nc(C)cs1. The van der Waals surface area contributed by atoms with Crippen LogP contribution in [0, 0.1) is 6.92 Å². The molecule has 0 aromatic carbocycles. The maximum Gasteiger partial charge on any atom is 0.149 e. The highest BCUT2D eigenvalue weighted by Crippen LogP contribution is 2.38.